The van der Waals surface area contributed by atoms with Crippen LogP contribution in [0.15, 0.2) is 29.4 Å². The molecule has 1 aromatic heterocycles. The summed E-state index contributed by atoms with van der Waals surface area (Å²) in [5.74, 6) is -0.181. The van der Waals surface area contributed by atoms with Gasteiger partial charge in [-0.3, -0.25) is 0 Å². The van der Waals surface area contributed by atoms with Crippen molar-refractivity contribution in [3.05, 3.63) is 51.5 Å². The Bertz CT molecular complexity index is 691. The molecule has 1 aromatic carbocycles. The Hall–Kier alpha value is -1.29. The fourth-order valence-electron chi connectivity index (χ4n) is 2.12. The number of benzene rings is 1. The van der Waals surface area contributed by atoms with Crippen LogP contribution in [0.4, 0.5) is 8.78 Å². The number of hydrogen-bond donors (Lipinski definition) is 2. The molecule has 138 valence electrons. The number of thiazole rings is 1. The minimum atomic E-state index is -0.428. The summed E-state index contributed by atoms with van der Waals surface area (Å²) >= 11 is 1.65. The fraction of sp³-hybridized carbons (Fsp3) is 0.412. The number of aliphatic imine (C=N–C) groups is 1. The second-order valence-corrected chi connectivity index (χ2v) is 6.38. The molecule has 0 unspecified atom stereocenters. The van der Waals surface area contributed by atoms with Crippen molar-refractivity contribution in [1.29, 1.82) is 0 Å². The Kier molecular flexibility index (Phi) is 9.88. The van der Waals surface area contributed by atoms with Crippen molar-refractivity contribution in [2.45, 2.75) is 33.2 Å². The molecule has 0 aliphatic heterocycles. The molecular formula is C17H23F2IN4S. The number of nitrogens with zero attached hydrogens (tertiary/aromatic N) is 2. The zero-order chi connectivity index (χ0) is 17.4. The van der Waals surface area contributed by atoms with Crippen molar-refractivity contribution in [2.24, 2.45) is 4.99 Å². The van der Waals surface area contributed by atoms with Crippen LogP contribution in [0.2, 0.25) is 0 Å². The molecule has 0 radical (unpaired) electrons. The van der Waals surface area contributed by atoms with Gasteiger partial charge in [-0.05, 0) is 43.5 Å². The standard InChI is InChI=1S/C17H22F2N4S.HI/c1-3-14-10-22-16(24-14)11-23-17(20-4-2)21-8-7-12-9-13(18)5-6-15(12)19;/h5-6,9-10H,3-4,7-8,11H2,1-2H3,(H2,20,21,23);1H. The Morgan fingerprint density at radius 2 is 2.04 bits per heavy atom. The average molecular weight is 480 g/mol. The summed E-state index contributed by atoms with van der Waals surface area (Å²) in [6, 6.07) is 3.50. The lowest BCUT2D eigenvalue weighted by Crippen LogP contribution is -2.38. The third-order valence-electron chi connectivity index (χ3n) is 3.36. The first kappa shape index (κ1) is 21.8. The predicted molar refractivity (Wildman–Crippen MR) is 110 cm³/mol. The zero-order valence-corrected chi connectivity index (χ0v) is 17.5. The first-order valence-corrected chi connectivity index (χ1v) is 8.83. The highest BCUT2D eigenvalue weighted by atomic mass is 127. The maximum Gasteiger partial charge on any atom is 0.191 e. The van der Waals surface area contributed by atoms with Gasteiger partial charge < -0.3 is 10.6 Å². The third kappa shape index (κ3) is 7.23. The van der Waals surface area contributed by atoms with Crippen LogP contribution < -0.4 is 10.6 Å². The highest BCUT2D eigenvalue weighted by Gasteiger charge is 2.05. The molecule has 2 rings (SSSR count). The molecule has 0 spiro atoms. The van der Waals surface area contributed by atoms with Gasteiger partial charge in [0.15, 0.2) is 5.96 Å². The molecule has 0 aliphatic carbocycles. The van der Waals surface area contributed by atoms with Crippen molar-refractivity contribution in [3.8, 4) is 0 Å². The SMILES string of the molecule is CCNC(=NCc1ncc(CC)s1)NCCc1cc(F)ccc1F.I. The maximum atomic E-state index is 13.6. The van der Waals surface area contributed by atoms with Crippen LogP contribution in [0.25, 0.3) is 0 Å². The third-order valence-corrected chi connectivity index (χ3v) is 4.49. The van der Waals surface area contributed by atoms with Gasteiger partial charge in [0.05, 0.1) is 6.54 Å². The summed E-state index contributed by atoms with van der Waals surface area (Å²) in [6.07, 6.45) is 3.23. The molecular weight excluding hydrogens is 457 g/mol. The lowest BCUT2D eigenvalue weighted by molar-refractivity contribution is 0.583. The van der Waals surface area contributed by atoms with Crippen LogP contribution in [-0.2, 0) is 19.4 Å². The second-order valence-electron chi connectivity index (χ2n) is 5.18. The summed E-state index contributed by atoms with van der Waals surface area (Å²) in [7, 11) is 0. The van der Waals surface area contributed by atoms with Gasteiger partial charge in [0, 0.05) is 24.2 Å². The van der Waals surface area contributed by atoms with Gasteiger partial charge in [-0.1, -0.05) is 6.92 Å². The molecule has 2 N–H and O–H groups in total. The monoisotopic (exact) mass is 480 g/mol. The molecule has 0 saturated carbocycles. The smallest absolute Gasteiger partial charge is 0.191 e. The predicted octanol–water partition coefficient (Wildman–Crippen LogP) is 3.90. The van der Waals surface area contributed by atoms with Crippen molar-refractivity contribution in [1.82, 2.24) is 15.6 Å². The highest BCUT2D eigenvalue weighted by Crippen LogP contribution is 2.14. The molecule has 25 heavy (non-hydrogen) atoms. The van der Waals surface area contributed by atoms with E-state index in [-0.39, 0.29) is 24.0 Å². The summed E-state index contributed by atoms with van der Waals surface area (Å²) in [5, 5.41) is 7.23. The summed E-state index contributed by atoms with van der Waals surface area (Å²) in [4.78, 5) is 10.0. The highest BCUT2D eigenvalue weighted by molar-refractivity contribution is 14.0. The summed E-state index contributed by atoms with van der Waals surface area (Å²) in [6.45, 7) is 5.75. The largest absolute Gasteiger partial charge is 0.357 e. The quantitative estimate of drug-likeness (QED) is 0.359. The Balaban J connectivity index is 0.00000312. The number of guanidine groups is 1. The summed E-state index contributed by atoms with van der Waals surface area (Å²) in [5.41, 5.74) is 0.353. The van der Waals surface area contributed by atoms with Crippen molar-refractivity contribution >= 4 is 41.3 Å². The zero-order valence-electron chi connectivity index (χ0n) is 14.3. The fourth-order valence-corrected chi connectivity index (χ4v) is 2.91. The van der Waals surface area contributed by atoms with Gasteiger partial charge in [-0.15, -0.1) is 35.3 Å². The van der Waals surface area contributed by atoms with Gasteiger partial charge in [0.1, 0.15) is 16.6 Å². The number of halogens is 3. The minimum Gasteiger partial charge on any atom is -0.357 e. The van der Waals surface area contributed by atoms with Crippen molar-refractivity contribution < 1.29 is 8.78 Å². The van der Waals surface area contributed by atoms with Crippen LogP contribution in [0.5, 0.6) is 0 Å². The molecule has 0 fully saturated rings. The van der Waals surface area contributed by atoms with Crippen LogP contribution in [0.1, 0.15) is 29.3 Å². The second kappa shape index (κ2) is 11.3. The number of rotatable bonds is 7. The molecule has 2 aromatic rings. The van der Waals surface area contributed by atoms with Gasteiger partial charge in [0.2, 0.25) is 0 Å². The van der Waals surface area contributed by atoms with E-state index in [4.69, 9.17) is 0 Å². The van der Waals surface area contributed by atoms with E-state index in [0.717, 1.165) is 30.1 Å². The summed E-state index contributed by atoms with van der Waals surface area (Å²) < 4.78 is 26.8. The normalized spacial score (nSPS) is 11.1. The molecule has 0 amide bonds. The maximum absolute atomic E-state index is 13.6. The van der Waals surface area contributed by atoms with Crippen LogP contribution in [0.3, 0.4) is 0 Å². The van der Waals surface area contributed by atoms with Crippen LogP contribution in [-0.4, -0.2) is 24.0 Å². The van der Waals surface area contributed by atoms with Gasteiger partial charge in [-0.2, -0.15) is 0 Å². The van der Waals surface area contributed by atoms with E-state index < -0.39 is 11.6 Å². The van der Waals surface area contributed by atoms with E-state index in [1.54, 1.807) is 11.3 Å². The first-order chi connectivity index (χ1) is 11.6. The lowest BCUT2D eigenvalue weighted by atomic mass is 10.1. The number of nitrogens with one attached hydrogen (secondary N) is 2. The average Bonchev–Trinajstić information content (AvgIpc) is 3.04. The van der Waals surface area contributed by atoms with E-state index in [9.17, 15) is 8.78 Å². The van der Waals surface area contributed by atoms with E-state index in [0.29, 0.717) is 31.0 Å². The molecule has 4 nitrogen and oxygen atoms in total. The number of aromatic nitrogens is 1. The molecule has 0 aliphatic rings. The van der Waals surface area contributed by atoms with E-state index in [2.05, 4.69) is 27.5 Å². The lowest BCUT2D eigenvalue weighted by Gasteiger charge is -2.11. The van der Waals surface area contributed by atoms with Gasteiger partial charge >= 0.3 is 0 Å². The molecule has 0 atom stereocenters. The Morgan fingerprint density at radius 3 is 2.72 bits per heavy atom. The van der Waals surface area contributed by atoms with Crippen molar-refractivity contribution in [2.75, 3.05) is 13.1 Å². The molecule has 1 heterocycles. The molecule has 0 bridgehead atoms. The number of aryl methyl sites for hydroxylation is 1. The Morgan fingerprint density at radius 1 is 1.24 bits per heavy atom. The molecule has 8 heteroatoms. The van der Waals surface area contributed by atoms with Crippen molar-refractivity contribution in [3.63, 3.8) is 0 Å². The topological polar surface area (TPSA) is 49.3 Å². The Labute approximate surface area is 168 Å². The first-order valence-electron chi connectivity index (χ1n) is 8.02. The van der Waals surface area contributed by atoms with Crippen LogP contribution >= 0.6 is 35.3 Å². The minimum absolute atomic E-state index is 0. The molecule has 0 saturated heterocycles. The van der Waals surface area contributed by atoms with E-state index in [1.165, 1.54) is 10.9 Å². The van der Waals surface area contributed by atoms with Gasteiger partial charge in [0.25, 0.3) is 0 Å². The van der Waals surface area contributed by atoms with Gasteiger partial charge in [-0.25, -0.2) is 18.8 Å². The van der Waals surface area contributed by atoms with E-state index in [1.807, 2.05) is 13.1 Å². The van der Waals surface area contributed by atoms with E-state index >= 15 is 0 Å². The van der Waals surface area contributed by atoms with Crippen LogP contribution in [0, 0.1) is 11.6 Å². The number of hydrogen-bond acceptors (Lipinski definition) is 3.